The van der Waals surface area contributed by atoms with E-state index in [0.29, 0.717) is 17.9 Å². The van der Waals surface area contributed by atoms with Gasteiger partial charge in [-0.3, -0.25) is 20.4 Å². The van der Waals surface area contributed by atoms with Gasteiger partial charge in [-0.15, -0.1) is 0 Å². The van der Waals surface area contributed by atoms with Crippen LogP contribution in [0.2, 0.25) is 0 Å². The first-order valence-electron chi connectivity index (χ1n) is 8.74. The van der Waals surface area contributed by atoms with Crippen LogP contribution in [-0.4, -0.2) is 31.0 Å². The molecule has 2 N–H and O–H groups in total. The molecule has 1 aromatic rings. The molecule has 0 saturated heterocycles. The van der Waals surface area contributed by atoms with E-state index in [4.69, 9.17) is 4.74 Å². The number of amides is 2. The monoisotopic (exact) mass is 362 g/mol. The summed E-state index contributed by atoms with van der Waals surface area (Å²) in [5.74, 6) is -1.05. The van der Waals surface area contributed by atoms with Crippen molar-refractivity contribution in [1.82, 2.24) is 10.9 Å². The summed E-state index contributed by atoms with van der Waals surface area (Å²) in [5.41, 5.74) is 4.81. The molecule has 0 spiro atoms. The molecule has 0 saturated carbocycles. The Hall–Kier alpha value is -2.83. The van der Waals surface area contributed by atoms with Crippen LogP contribution in [-0.2, 0) is 14.3 Å². The Morgan fingerprint density at radius 2 is 1.69 bits per heavy atom. The van der Waals surface area contributed by atoms with Gasteiger partial charge in [0.15, 0.2) is 0 Å². The van der Waals surface area contributed by atoms with Crippen molar-refractivity contribution < 1.29 is 23.9 Å². The molecule has 0 radical (unpaired) electrons. The lowest BCUT2D eigenvalue weighted by Crippen LogP contribution is -2.40. The second-order valence-corrected chi connectivity index (χ2v) is 5.46. The number of benzene rings is 1. The van der Waals surface area contributed by atoms with Crippen LogP contribution >= 0.6 is 0 Å². The first-order chi connectivity index (χ1) is 12.6. The van der Waals surface area contributed by atoms with Gasteiger partial charge in [-0.1, -0.05) is 26.2 Å². The van der Waals surface area contributed by atoms with Gasteiger partial charge < -0.3 is 9.47 Å². The first kappa shape index (κ1) is 21.2. The van der Waals surface area contributed by atoms with Crippen molar-refractivity contribution in [3.8, 4) is 5.75 Å². The van der Waals surface area contributed by atoms with Crippen LogP contribution in [0.25, 0.3) is 0 Å². The van der Waals surface area contributed by atoms with Gasteiger partial charge in [0.1, 0.15) is 5.75 Å². The maximum atomic E-state index is 12.0. The quantitative estimate of drug-likeness (QED) is 0.289. The molecular formula is C19H26N2O5. The molecule has 142 valence electrons. The van der Waals surface area contributed by atoms with E-state index in [1.165, 1.54) is 12.8 Å². The van der Waals surface area contributed by atoms with E-state index in [1.54, 1.807) is 31.2 Å². The third-order valence-corrected chi connectivity index (χ3v) is 3.34. The van der Waals surface area contributed by atoms with Gasteiger partial charge in [-0.2, -0.15) is 0 Å². The molecule has 0 aromatic heterocycles. The van der Waals surface area contributed by atoms with Crippen molar-refractivity contribution in [2.45, 2.75) is 39.5 Å². The van der Waals surface area contributed by atoms with Crippen LogP contribution in [0.15, 0.2) is 36.4 Å². The lowest BCUT2D eigenvalue weighted by Gasteiger charge is -2.08. The summed E-state index contributed by atoms with van der Waals surface area (Å²) in [6.45, 7) is 4.69. The molecule has 0 aliphatic rings. The molecule has 1 aromatic carbocycles. The average molecular weight is 362 g/mol. The number of esters is 1. The zero-order valence-corrected chi connectivity index (χ0v) is 15.2. The van der Waals surface area contributed by atoms with Crippen molar-refractivity contribution in [3.05, 3.63) is 42.0 Å². The number of rotatable bonds is 10. The third-order valence-electron chi connectivity index (χ3n) is 3.34. The smallest absolute Gasteiger partial charge is 0.330 e. The van der Waals surface area contributed by atoms with Crippen molar-refractivity contribution in [2.75, 3.05) is 13.2 Å². The number of carbonyl (C=O) groups is 3. The number of carbonyl (C=O) groups excluding carboxylic acids is 3. The predicted molar refractivity (Wildman–Crippen MR) is 97.5 cm³/mol. The molecule has 7 nitrogen and oxygen atoms in total. The van der Waals surface area contributed by atoms with E-state index < -0.39 is 17.8 Å². The Morgan fingerprint density at radius 1 is 0.962 bits per heavy atom. The Balaban J connectivity index is 2.36. The van der Waals surface area contributed by atoms with E-state index >= 15 is 0 Å². The highest BCUT2D eigenvalue weighted by Crippen LogP contribution is 2.13. The first-order valence-corrected chi connectivity index (χ1v) is 8.74. The second-order valence-electron chi connectivity index (χ2n) is 5.46. The van der Waals surface area contributed by atoms with Crippen LogP contribution in [0.3, 0.4) is 0 Å². The van der Waals surface area contributed by atoms with Gasteiger partial charge in [0.2, 0.25) is 0 Å². The van der Waals surface area contributed by atoms with Gasteiger partial charge in [-0.25, -0.2) is 4.79 Å². The Labute approximate surface area is 153 Å². The molecule has 7 heteroatoms. The summed E-state index contributed by atoms with van der Waals surface area (Å²) < 4.78 is 10.2. The third kappa shape index (κ3) is 8.86. The number of hydrazine groups is 1. The minimum Gasteiger partial charge on any atom is -0.494 e. The van der Waals surface area contributed by atoms with Crippen molar-refractivity contribution >= 4 is 17.8 Å². The number of hydrogen-bond acceptors (Lipinski definition) is 5. The van der Waals surface area contributed by atoms with E-state index in [0.717, 1.165) is 25.0 Å². The van der Waals surface area contributed by atoms with Crippen molar-refractivity contribution in [3.63, 3.8) is 0 Å². The Kier molecular flexibility index (Phi) is 10.2. The van der Waals surface area contributed by atoms with Crippen molar-refractivity contribution in [2.24, 2.45) is 0 Å². The minimum atomic E-state index is -0.640. The molecule has 0 atom stereocenters. The van der Waals surface area contributed by atoms with Gasteiger partial charge >= 0.3 is 5.97 Å². The summed E-state index contributed by atoms with van der Waals surface area (Å²) >= 11 is 0. The molecule has 0 aliphatic heterocycles. The second kappa shape index (κ2) is 12.5. The molecule has 26 heavy (non-hydrogen) atoms. The van der Waals surface area contributed by atoms with E-state index in [1.807, 2.05) is 0 Å². The van der Waals surface area contributed by atoms with Crippen LogP contribution < -0.4 is 15.6 Å². The van der Waals surface area contributed by atoms with E-state index in [9.17, 15) is 14.4 Å². The highest BCUT2D eigenvalue weighted by atomic mass is 16.5. The normalized spacial score (nSPS) is 10.4. The van der Waals surface area contributed by atoms with Crippen LogP contribution in [0.5, 0.6) is 5.75 Å². The average Bonchev–Trinajstić information content (AvgIpc) is 2.65. The molecule has 0 bridgehead atoms. The summed E-state index contributed by atoms with van der Waals surface area (Å²) in [6.07, 6.45) is 6.48. The lowest BCUT2D eigenvalue weighted by atomic mass is 10.2. The molecule has 1 rings (SSSR count). The van der Waals surface area contributed by atoms with Gasteiger partial charge in [0.25, 0.3) is 11.8 Å². The SMILES string of the molecule is CCCCCCOc1ccc(C(=O)NNC(=O)/C=C/C(=O)OCC)cc1. The Bertz CT molecular complexity index is 611. The lowest BCUT2D eigenvalue weighted by molar-refractivity contribution is -0.137. The van der Waals surface area contributed by atoms with Crippen molar-refractivity contribution in [1.29, 1.82) is 0 Å². The van der Waals surface area contributed by atoms with E-state index in [-0.39, 0.29) is 6.61 Å². The van der Waals surface area contributed by atoms with Crippen LogP contribution in [0.4, 0.5) is 0 Å². The number of hydrogen-bond donors (Lipinski definition) is 2. The maximum absolute atomic E-state index is 12.0. The zero-order valence-electron chi connectivity index (χ0n) is 15.2. The summed E-state index contributed by atoms with van der Waals surface area (Å²) in [7, 11) is 0. The van der Waals surface area contributed by atoms with Gasteiger partial charge in [-0.05, 0) is 37.6 Å². The van der Waals surface area contributed by atoms with Crippen LogP contribution in [0.1, 0.15) is 49.9 Å². The standard InChI is InChI=1S/C19H26N2O5/c1-3-5-6-7-14-26-16-10-8-15(9-11-16)19(24)21-20-17(22)12-13-18(23)25-4-2/h8-13H,3-7,14H2,1-2H3,(H,20,22)(H,21,24)/b13-12+. The fourth-order valence-electron chi connectivity index (χ4n) is 1.99. The predicted octanol–water partition coefficient (Wildman–Crippen LogP) is 2.53. The molecular weight excluding hydrogens is 336 g/mol. The largest absolute Gasteiger partial charge is 0.494 e. The summed E-state index contributed by atoms with van der Waals surface area (Å²) in [4.78, 5) is 34.5. The summed E-state index contributed by atoms with van der Waals surface area (Å²) in [5, 5.41) is 0. The summed E-state index contributed by atoms with van der Waals surface area (Å²) in [6, 6.07) is 6.63. The molecule has 0 heterocycles. The molecule has 0 unspecified atom stereocenters. The highest BCUT2D eigenvalue weighted by molar-refractivity contribution is 5.98. The minimum absolute atomic E-state index is 0.222. The highest BCUT2D eigenvalue weighted by Gasteiger charge is 2.07. The fraction of sp³-hybridized carbons (Fsp3) is 0.421. The fourth-order valence-corrected chi connectivity index (χ4v) is 1.99. The molecule has 0 fully saturated rings. The topological polar surface area (TPSA) is 93.7 Å². The Morgan fingerprint density at radius 3 is 2.35 bits per heavy atom. The molecule has 0 aliphatic carbocycles. The molecule has 2 amide bonds. The number of ether oxygens (including phenoxy) is 2. The van der Waals surface area contributed by atoms with Gasteiger partial charge in [0, 0.05) is 17.7 Å². The van der Waals surface area contributed by atoms with Gasteiger partial charge in [0.05, 0.1) is 13.2 Å². The van der Waals surface area contributed by atoms with E-state index in [2.05, 4.69) is 22.5 Å². The maximum Gasteiger partial charge on any atom is 0.330 e. The van der Waals surface area contributed by atoms with Crippen LogP contribution in [0, 0.1) is 0 Å². The number of unbranched alkanes of at least 4 members (excludes halogenated alkanes) is 3. The zero-order chi connectivity index (χ0) is 19.2. The number of nitrogens with one attached hydrogen (secondary N) is 2.